The first-order chi connectivity index (χ1) is 8.85. The van der Waals surface area contributed by atoms with Gasteiger partial charge in [0.2, 0.25) is 5.71 Å². The van der Waals surface area contributed by atoms with Crippen LogP contribution in [0.15, 0.2) is 27.8 Å². The fraction of sp³-hybridized carbons (Fsp3) is 0.100. The average molecular weight is 333 g/mol. The van der Waals surface area contributed by atoms with Crippen molar-refractivity contribution in [2.45, 2.75) is 6.36 Å². The average Bonchev–Trinajstić information content (AvgIpc) is 2.30. The molecule has 5 nitrogen and oxygen atoms in total. The lowest BCUT2D eigenvalue weighted by Gasteiger charge is -2.10. The Morgan fingerprint density at radius 3 is 2.42 bits per heavy atom. The molecule has 98 valence electrons. The van der Waals surface area contributed by atoms with E-state index in [2.05, 4.69) is 31.2 Å². The van der Waals surface area contributed by atoms with Gasteiger partial charge in [0, 0.05) is 4.47 Å². The summed E-state index contributed by atoms with van der Waals surface area (Å²) in [4.78, 5) is 0. The largest absolute Gasteiger partial charge is 0.573 e. The van der Waals surface area contributed by atoms with Gasteiger partial charge in [-0.1, -0.05) is 0 Å². The third-order valence-corrected chi connectivity index (χ3v) is 2.33. The molecule has 0 saturated heterocycles. The number of nitrogens with one attached hydrogen (secondary N) is 1. The number of rotatable bonds is 3. The van der Waals surface area contributed by atoms with Gasteiger partial charge in [-0.2, -0.15) is 15.6 Å². The van der Waals surface area contributed by atoms with E-state index in [0.29, 0.717) is 0 Å². The van der Waals surface area contributed by atoms with E-state index in [-0.39, 0.29) is 10.2 Å². The number of nitrogens with zero attached hydrogens (tertiary/aromatic N) is 3. The Morgan fingerprint density at radius 2 is 1.95 bits per heavy atom. The Labute approximate surface area is 114 Å². The highest BCUT2D eigenvalue weighted by Crippen LogP contribution is 2.30. The smallest absolute Gasteiger partial charge is 0.406 e. The Hall–Kier alpha value is -2.26. The number of alkyl halides is 3. The predicted molar refractivity (Wildman–Crippen MR) is 63.1 cm³/mol. The summed E-state index contributed by atoms with van der Waals surface area (Å²) in [5.74, 6) is -0.408. The first kappa shape index (κ1) is 14.8. The van der Waals surface area contributed by atoms with Crippen LogP contribution in [-0.2, 0) is 0 Å². The maximum Gasteiger partial charge on any atom is 0.573 e. The summed E-state index contributed by atoms with van der Waals surface area (Å²) in [7, 11) is 0. The van der Waals surface area contributed by atoms with Gasteiger partial charge in [0.15, 0.2) is 0 Å². The van der Waals surface area contributed by atoms with Gasteiger partial charge in [0.1, 0.15) is 17.9 Å². The lowest BCUT2D eigenvalue weighted by Crippen LogP contribution is -2.17. The molecule has 0 fully saturated rings. The fourth-order valence-electron chi connectivity index (χ4n) is 0.975. The summed E-state index contributed by atoms with van der Waals surface area (Å²) in [5, 5.41) is 20.3. The van der Waals surface area contributed by atoms with Gasteiger partial charge in [-0.3, -0.25) is 5.43 Å². The zero-order valence-corrected chi connectivity index (χ0v) is 10.6. The minimum absolute atomic E-state index is 0.230. The van der Waals surface area contributed by atoms with Gasteiger partial charge in [-0.25, -0.2) is 0 Å². The van der Waals surface area contributed by atoms with E-state index in [1.54, 1.807) is 0 Å². The van der Waals surface area contributed by atoms with Crippen molar-refractivity contribution < 1.29 is 17.9 Å². The van der Waals surface area contributed by atoms with Gasteiger partial charge >= 0.3 is 6.36 Å². The first-order valence-electron chi connectivity index (χ1n) is 4.55. The number of hydrogen-bond donors (Lipinski definition) is 1. The molecule has 1 aromatic carbocycles. The summed E-state index contributed by atoms with van der Waals surface area (Å²) in [6, 6.07) is 6.43. The van der Waals surface area contributed by atoms with Crippen LogP contribution in [0.25, 0.3) is 0 Å². The molecule has 0 amide bonds. The van der Waals surface area contributed by atoms with Crippen LogP contribution < -0.4 is 10.2 Å². The molecule has 0 unspecified atom stereocenters. The number of halogens is 4. The van der Waals surface area contributed by atoms with Gasteiger partial charge in [0.25, 0.3) is 0 Å². The molecule has 0 aliphatic carbocycles. The van der Waals surface area contributed by atoms with Crippen LogP contribution >= 0.6 is 15.9 Å². The minimum atomic E-state index is -4.78. The number of anilines is 1. The molecule has 1 N–H and O–H groups in total. The Kier molecular flexibility index (Phi) is 4.73. The van der Waals surface area contributed by atoms with Crippen molar-refractivity contribution in [1.82, 2.24) is 0 Å². The molecular formula is C10H4BrF3N4O. The van der Waals surface area contributed by atoms with E-state index in [1.807, 2.05) is 0 Å². The summed E-state index contributed by atoms with van der Waals surface area (Å²) in [6.07, 6.45) is -4.78. The summed E-state index contributed by atoms with van der Waals surface area (Å²) in [5.41, 5.74) is 2.23. The lowest BCUT2D eigenvalue weighted by molar-refractivity contribution is -0.274. The topological polar surface area (TPSA) is 81.2 Å². The fourth-order valence-corrected chi connectivity index (χ4v) is 1.42. The third kappa shape index (κ3) is 4.85. The molecular weight excluding hydrogens is 329 g/mol. The van der Waals surface area contributed by atoms with Gasteiger partial charge in [-0.05, 0) is 34.1 Å². The predicted octanol–water partition coefficient (Wildman–Crippen LogP) is 3.16. The van der Waals surface area contributed by atoms with Crippen LogP contribution in [0.2, 0.25) is 0 Å². The monoisotopic (exact) mass is 332 g/mol. The van der Waals surface area contributed by atoms with E-state index in [9.17, 15) is 13.2 Å². The number of hydrazone groups is 1. The van der Waals surface area contributed by atoms with Crippen LogP contribution in [0.5, 0.6) is 5.75 Å². The molecule has 0 heterocycles. The zero-order chi connectivity index (χ0) is 14.5. The second kappa shape index (κ2) is 6.07. The maximum absolute atomic E-state index is 12.0. The Balaban J connectivity index is 2.88. The minimum Gasteiger partial charge on any atom is -0.406 e. The standard InChI is InChI=1S/C10H4BrF3N4O/c11-8-3-7(19-10(12,13)14)1-2-9(8)18-17-6(4-15)5-16/h1-3,18H. The number of hydrogen-bond acceptors (Lipinski definition) is 5. The number of benzene rings is 1. The molecule has 19 heavy (non-hydrogen) atoms. The highest BCUT2D eigenvalue weighted by molar-refractivity contribution is 9.10. The highest BCUT2D eigenvalue weighted by atomic mass is 79.9. The van der Waals surface area contributed by atoms with Crippen molar-refractivity contribution in [3.8, 4) is 17.9 Å². The Bertz CT molecular complexity index is 570. The maximum atomic E-state index is 12.0. The van der Waals surface area contributed by atoms with Crippen molar-refractivity contribution in [2.24, 2.45) is 5.10 Å². The van der Waals surface area contributed by atoms with E-state index in [4.69, 9.17) is 10.5 Å². The second-order valence-electron chi connectivity index (χ2n) is 2.99. The molecule has 0 saturated carbocycles. The van der Waals surface area contributed by atoms with Crippen molar-refractivity contribution in [2.75, 3.05) is 5.43 Å². The lowest BCUT2D eigenvalue weighted by atomic mass is 10.3. The molecule has 9 heteroatoms. The van der Waals surface area contributed by atoms with Crippen molar-refractivity contribution in [3.63, 3.8) is 0 Å². The first-order valence-corrected chi connectivity index (χ1v) is 5.34. The van der Waals surface area contributed by atoms with Crippen LogP contribution in [0.3, 0.4) is 0 Å². The normalized spacial score (nSPS) is 10.0. The number of nitriles is 2. The molecule has 0 aromatic heterocycles. The van der Waals surface area contributed by atoms with E-state index in [1.165, 1.54) is 18.2 Å². The van der Waals surface area contributed by atoms with Crippen LogP contribution in [0, 0.1) is 22.7 Å². The van der Waals surface area contributed by atoms with Gasteiger partial charge in [-0.15, -0.1) is 13.2 Å². The molecule has 0 atom stereocenters. The van der Waals surface area contributed by atoms with Crippen LogP contribution in [-0.4, -0.2) is 12.1 Å². The van der Waals surface area contributed by atoms with Crippen molar-refractivity contribution in [1.29, 1.82) is 10.5 Å². The SMILES string of the molecule is N#CC(C#N)=NNc1ccc(OC(F)(F)F)cc1Br. The van der Waals surface area contributed by atoms with E-state index < -0.39 is 17.8 Å². The van der Waals surface area contributed by atoms with Crippen LogP contribution in [0.1, 0.15) is 0 Å². The van der Waals surface area contributed by atoms with E-state index >= 15 is 0 Å². The van der Waals surface area contributed by atoms with Gasteiger partial charge in [0.05, 0.1) is 5.69 Å². The summed E-state index contributed by atoms with van der Waals surface area (Å²) >= 11 is 3.00. The van der Waals surface area contributed by atoms with Gasteiger partial charge < -0.3 is 4.74 Å². The molecule has 1 aromatic rings. The molecule has 1 rings (SSSR count). The number of ether oxygens (including phenoxy) is 1. The quantitative estimate of drug-likeness (QED) is 0.680. The van der Waals surface area contributed by atoms with Crippen molar-refractivity contribution in [3.05, 3.63) is 22.7 Å². The van der Waals surface area contributed by atoms with E-state index in [0.717, 1.165) is 12.1 Å². The van der Waals surface area contributed by atoms with Crippen LogP contribution in [0.4, 0.5) is 18.9 Å². The zero-order valence-electron chi connectivity index (χ0n) is 8.99. The van der Waals surface area contributed by atoms with Crippen molar-refractivity contribution >= 4 is 27.3 Å². The molecule has 0 spiro atoms. The molecule has 0 bridgehead atoms. The molecule has 0 aliphatic rings. The summed E-state index contributed by atoms with van der Waals surface area (Å²) < 4.78 is 39.9. The Morgan fingerprint density at radius 1 is 1.32 bits per heavy atom. The highest BCUT2D eigenvalue weighted by Gasteiger charge is 2.31. The second-order valence-corrected chi connectivity index (χ2v) is 3.84. The molecule has 0 aliphatic heterocycles. The summed E-state index contributed by atoms with van der Waals surface area (Å²) in [6.45, 7) is 0. The molecule has 0 radical (unpaired) electrons. The third-order valence-electron chi connectivity index (χ3n) is 1.67.